The standard InChI is InChI=1S/C17H18Cl2O4/c1-9-6-10(18)7-12(19)13(9)14-15(20)17(23-16(14)21)5-3-4-11(8-17)22-2/h6-7,11,20H,3-5,8H2,1-2H3. The van der Waals surface area contributed by atoms with Gasteiger partial charge in [0, 0.05) is 24.1 Å². The first kappa shape index (κ1) is 16.6. The molecule has 0 saturated heterocycles. The van der Waals surface area contributed by atoms with Crippen molar-refractivity contribution in [3.8, 4) is 0 Å². The molecular weight excluding hydrogens is 339 g/mol. The van der Waals surface area contributed by atoms with Gasteiger partial charge in [-0.3, -0.25) is 0 Å². The van der Waals surface area contributed by atoms with E-state index in [1.54, 1.807) is 26.2 Å². The number of hydrogen-bond acceptors (Lipinski definition) is 4. The van der Waals surface area contributed by atoms with Crippen molar-refractivity contribution >= 4 is 34.7 Å². The molecular formula is C17H18Cl2O4. The minimum absolute atomic E-state index is 0.0418. The number of aliphatic hydroxyl groups excluding tert-OH is 1. The lowest BCUT2D eigenvalue weighted by atomic mass is 9.80. The van der Waals surface area contributed by atoms with Gasteiger partial charge in [-0.2, -0.15) is 0 Å². The minimum Gasteiger partial charge on any atom is -0.507 e. The Balaban J connectivity index is 2.10. The largest absolute Gasteiger partial charge is 0.507 e. The molecule has 2 unspecified atom stereocenters. The molecule has 1 spiro atoms. The van der Waals surface area contributed by atoms with Crippen LogP contribution in [0.3, 0.4) is 0 Å². The van der Waals surface area contributed by atoms with E-state index in [0.717, 1.165) is 18.4 Å². The van der Waals surface area contributed by atoms with E-state index >= 15 is 0 Å². The third kappa shape index (κ3) is 2.73. The number of rotatable bonds is 2. The molecule has 124 valence electrons. The van der Waals surface area contributed by atoms with E-state index in [-0.39, 0.29) is 17.4 Å². The van der Waals surface area contributed by atoms with Gasteiger partial charge in [-0.25, -0.2) is 4.79 Å². The number of benzene rings is 1. The summed E-state index contributed by atoms with van der Waals surface area (Å²) in [6.45, 7) is 1.80. The van der Waals surface area contributed by atoms with Crippen LogP contribution in [0.15, 0.2) is 17.9 Å². The molecule has 2 atom stereocenters. The van der Waals surface area contributed by atoms with Gasteiger partial charge in [-0.15, -0.1) is 0 Å². The predicted octanol–water partition coefficient (Wildman–Crippen LogP) is 4.46. The number of hydrogen-bond donors (Lipinski definition) is 1. The van der Waals surface area contributed by atoms with Crippen molar-refractivity contribution in [1.29, 1.82) is 0 Å². The Morgan fingerprint density at radius 2 is 2.13 bits per heavy atom. The molecule has 1 aromatic rings. The van der Waals surface area contributed by atoms with E-state index < -0.39 is 11.6 Å². The third-order valence-electron chi connectivity index (χ3n) is 4.66. The molecule has 1 aliphatic carbocycles. The van der Waals surface area contributed by atoms with Crippen molar-refractivity contribution in [3.63, 3.8) is 0 Å². The summed E-state index contributed by atoms with van der Waals surface area (Å²) in [6, 6.07) is 3.27. The summed E-state index contributed by atoms with van der Waals surface area (Å²) in [5, 5.41) is 11.6. The van der Waals surface area contributed by atoms with Gasteiger partial charge in [0.15, 0.2) is 11.4 Å². The fourth-order valence-electron chi connectivity index (χ4n) is 3.54. The van der Waals surface area contributed by atoms with Crippen LogP contribution in [-0.4, -0.2) is 29.9 Å². The Morgan fingerprint density at radius 3 is 2.78 bits per heavy atom. The highest BCUT2D eigenvalue weighted by Crippen LogP contribution is 2.47. The monoisotopic (exact) mass is 356 g/mol. The van der Waals surface area contributed by atoms with Crippen molar-refractivity contribution in [2.45, 2.75) is 44.3 Å². The molecule has 1 saturated carbocycles. The maximum atomic E-state index is 12.5. The number of esters is 1. The minimum atomic E-state index is -0.999. The fraction of sp³-hybridized carbons (Fsp3) is 0.471. The van der Waals surface area contributed by atoms with Gasteiger partial charge in [0.1, 0.15) is 5.57 Å². The molecule has 1 aromatic carbocycles. The number of carbonyl (C=O) groups is 1. The second kappa shape index (κ2) is 6.00. The van der Waals surface area contributed by atoms with Crippen LogP contribution in [0.5, 0.6) is 0 Å². The van der Waals surface area contributed by atoms with Crippen LogP contribution in [0.4, 0.5) is 0 Å². The fourth-order valence-corrected chi connectivity index (χ4v) is 4.23. The zero-order valence-electron chi connectivity index (χ0n) is 13.0. The zero-order chi connectivity index (χ0) is 16.8. The van der Waals surface area contributed by atoms with E-state index in [9.17, 15) is 9.90 Å². The first-order valence-corrected chi connectivity index (χ1v) is 8.29. The van der Waals surface area contributed by atoms with Gasteiger partial charge in [0.2, 0.25) is 0 Å². The van der Waals surface area contributed by atoms with Crippen molar-refractivity contribution in [2.24, 2.45) is 0 Å². The summed E-state index contributed by atoms with van der Waals surface area (Å²) in [7, 11) is 1.63. The van der Waals surface area contributed by atoms with Crippen LogP contribution < -0.4 is 0 Å². The highest BCUT2D eigenvalue weighted by Gasteiger charge is 2.51. The molecule has 2 aliphatic rings. The van der Waals surface area contributed by atoms with Gasteiger partial charge < -0.3 is 14.6 Å². The maximum absolute atomic E-state index is 12.5. The quantitative estimate of drug-likeness (QED) is 0.795. The summed E-state index contributed by atoms with van der Waals surface area (Å²) in [5.74, 6) is -0.594. The van der Waals surface area contributed by atoms with Crippen molar-refractivity contribution in [2.75, 3.05) is 7.11 Å². The van der Waals surface area contributed by atoms with Gasteiger partial charge >= 0.3 is 5.97 Å². The topological polar surface area (TPSA) is 55.8 Å². The number of carbonyl (C=O) groups excluding carboxylic acids is 1. The first-order valence-electron chi connectivity index (χ1n) is 7.54. The molecule has 23 heavy (non-hydrogen) atoms. The van der Waals surface area contributed by atoms with Crippen LogP contribution in [-0.2, 0) is 14.3 Å². The van der Waals surface area contributed by atoms with Gasteiger partial charge in [-0.05, 0) is 43.9 Å². The normalized spacial score (nSPS) is 27.7. The average Bonchev–Trinajstić information content (AvgIpc) is 2.70. The molecule has 0 bridgehead atoms. The van der Waals surface area contributed by atoms with E-state index in [2.05, 4.69) is 0 Å². The molecule has 1 N–H and O–H groups in total. The van der Waals surface area contributed by atoms with Crippen LogP contribution in [0.1, 0.15) is 36.8 Å². The van der Waals surface area contributed by atoms with Gasteiger partial charge in [0.05, 0.1) is 11.1 Å². The SMILES string of the molecule is COC1CCCC2(C1)OC(=O)C(c1c(C)cc(Cl)cc1Cl)=C2O. The summed E-state index contributed by atoms with van der Waals surface area (Å²) < 4.78 is 11.0. The molecule has 0 amide bonds. The Kier molecular flexibility index (Phi) is 4.34. The zero-order valence-corrected chi connectivity index (χ0v) is 14.5. The summed E-state index contributed by atoms with van der Waals surface area (Å²) in [6.07, 6.45) is 2.70. The first-order chi connectivity index (χ1) is 10.9. The lowest BCUT2D eigenvalue weighted by Gasteiger charge is -2.35. The van der Waals surface area contributed by atoms with E-state index in [1.165, 1.54) is 0 Å². The molecule has 0 aromatic heterocycles. The van der Waals surface area contributed by atoms with E-state index in [1.807, 2.05) is 0 Å². The summed E-state index contributed by atoms with van der Waals surface area (Å²) in [4.78, 5) is 12.5. The Labute approximate surface area is 145 Å². The second-order valence-corrected chi connectivity index (χ2v) is 6.98. The lowest BCUT2D eigenvalue weighted by molar-refractivity contribution is -0.153. The smallest absolute Gasteiger partial charge is 0.343 e. The lowest BCUT2D eigenvalue weighted by Crippen LogP contribution is -2.40. The molecule has 1 aliphatic heterocycles. The van der Waals surface area contributed by atoms with Crippen LogP contribution in [0.2, 0.25) is 10.0 Å². The van der Waals surface area contributed by atoms with Crippen LogP contribution in [0, 0.1) is 6.92 Å². The number of ether oxygens (including phenoxy) is 2. The van der Waals surface area contributed by atoms with Crippen molar-refractivity contribution in [1.82, 2.24) is 0 Å². The third-order valence-corrected chi connectivity index (χ3v) is 5.18. The van der Waals surface area contributed by atoms with Crippen LogP contribution in [0.25, 0.3) is 5.57 Å². The van der Waals surface area contributed by atoms with E-state index in [0.29, 0.717) is 28.5 Å². The molecule has 1 heterocycles. The number of halogens is 2. The molecule has 6 heteroatoms. The van der Waals surface area contributed by atoms with Crippen molar-refractivity contribution < 1.29 is 19.4 Å². The van der Waals surface area contributed by atoms with Gasteiger partial charge in [-0.1, -0.05) is 23.2 Å². The second-order valence-electron chi connectivity index (χ2n) is 6.14. The number of aliphatic hydroxyl groups is 1. The highest BCUT2D eigenvalue weighted by atomic mass is 35.5. The predicted molar refractivity (Wildman–Crippen MR) is 88.8 cm³/mol. The number of methoxy groups -OCH3 is 1. The Bertz CT molecular complexity index is 675. The van der Waals surface area contributed by atoms with Crippen LogP contribution >= 0.6 is 23.2 Å². The Hall–Kier alpha value is -1.23. The maximum Gasteiger partial charge on any atom is 0.343 e. The van der Waals surface area contributed by atoms with E-state index in [4.69, 9.17) is 32.7 Å². The molecule has 1 fully saturated rings. The summed E-state index contributed by atoms with van der Waals surface area (Å²) >= 11 is 12.3. The highest BCUT2D eigenvalue weighted by molar-refractivity contribution is 6.37. The van der Waals surface area contributed by atoms with Crippen molar-refractivity contribution in [3.05, 3.63) is 39.1 Å². The molecule has 3 rings (SSSR count). The average molecular weight is 357 g/mol. The summed E-state index contributed by atoms with van der Waals surface area (Å²) in [5.41, 5.74) is 0.342. The molecule has 4 nitrogen and oxygen atoms in total. The molecule has 0 radical (unpaired) electrons. The van der Waals surface area contributed by atoms with Gasteiger partial charge in [0.25, 0.3) is 0 Å². The number of aryl methyl sites for hydroxylation is 1. The Morgan fingerprint density at radius 1 is 1.39 bits per heavy atom.